The Labute approximate surface area is 138 Å². The van der Waals surface area contributed by atoms with Crippen molar-refractivity contribution >= 4 is 5.91 Å². The van der Waals surface area contributed by atoms with Gasteiger partial charge in [0.15, 0.2) is 0 Å². The van der Waals surface area contributed by atoms with Crippen LogP contribution in [0.3, 0.4) is 0 Å². The van der Waals surface area contributed by atoms with E-state index < -0.39 is 0 Å². The quantitative estimate of drug-likeness (QED) is 0.834. The lowest BCUT2D eigenvalue weighted by Crippen LogP contribution is -2.58. The lowest BCUT2D eigenvalue weighted by molar-refractivity contribution is -0.163. The number of carbonyl (C=O) groups excluding carboxylic acids is 1. The molecule has 5 heteroatoms. The molecule has 2 atom stereocenters. The van der Waals surface area contributed by atoms with Gasteiger partial charge < -0.3 is 14.4 Å². The lowest BCUT2D eigenvalue weighted by atomic mass is 9.73. The summed E-state index contributed by atoms with van der Waals surface area (Å²) in [4.78, 5) is 18.9. The first-order chi connectivity index (χ1) is 11.2. The molecular weight excluding hydrogens is 292 g/mol. The molecule has 0 spiro atoms. The fourth-order valence-corrected chi connectivity index (χ4v) is 3.79. The standard InChI is InChI=1S/C18H26N2O3/c1-2-22-14-18-8-5-11-23-16(18)7-10-20(13-18)17(21)12-15-6-3-4-9-19-15/h3-4,6,9,16H,2,5,7-8,10-14H2,1H3/t16-,18+/m1/s1. The zero-order valence-electron chi connectivity index (χ0n) is 13.9. The number of piperidine rings is 1. The maximum absolute atomic E-state index is 12.7. The molecule has 1 aromatic rings. The summed E-state index contributed by atoms with van der Waals surface area (Å²) in [5, 5.41) is 0. The van der Waals surface area contributed by atoms with Crippen molar-refractivity contribution in [2.24, 2.45) is 5.41 Å². The predicted molar refractivity (Wildman–Crippen MR) is 87.0 cm³/mol. The third-order valence-corrected chi connectivity index (χ3v) is 4.99. The summed E-state index contributed by atoms with van der Waals surface area (Å²) in [6.07, 6.45) is 5.36. The Balaban J connectivity index is 1.68. The molecule has 0 aromatic carbocycles. The number of likely N-dealkylation sites (tertiary alicyclic amines) is 1. The summed E-state index contributed by atoms with van der Waals surface area (Å²) >= 11 is 0. The zero-order chi connectivity index (χ0) is 16.1. The molecule has 1 amide bonds. The van der Waals surface area contributed by atoms with E-state index in [0.29, 0.717) is 19.6 Å². The number of amides is 1. The number of pyridine rings is 1. The molecule has 0 saturated carbocycles. The van der Waals surface area contributed by atoms with E-state index in [0.717, 1.165) is 44.7 Å². The Morgan fingerprint density at radius 2 is 2.43 bits per heavy atom. The fourth-order valence-electron chi connectivity index (χ4n) is 3.79. The molecule has 0 aliphatic carbocycles. The van der Waals surface area contributed by atoms with Crippen LogP contribution in [0.25, 0.3) is 0 Å². The number of ether oxygens (including phenoxy) is 2. The number of nitrogens with zero attached hydrogens (tertiary/aromatic N) is 2. The Bertz CT molecular complexity index is 522. The summed E-state index contributed by atoms with van der Waals surface area (Å²) in [5.74, 6) is 0.156. The SMILES string of the molecule is CCOC[C@@]12CCCO[C@@H]1CCN(C(=O)Cc1ccccn1)C2. The maximum atomic E-state index is 12.7. The Morgan fingerprint density at radius 3 is 3.22 bits per heavy atom. The minimum atomic E-state index is -0.0354. The van der Waals surface area contributed by atoms with E-state index in [1.54, 1.807) is 6.20 Å². The molecule has 2 aliphatic rings. The first-order valence-corrected chi connectivity index (χ1v) is 8.60. The van der Waals surface area contributed by atoms with Crippen molar-refractivity contribution < 1.29 is 14.3 Å². The molecule has 0 bridgehead atoms. The van der Waals surface area contributed by atoms with Gasteiger partial charge in [-0.2, -0.15) is 0 Å². The highest BCUT2D eigenvalue weighted by Gasteiger charge is 2.47. The maximum Gasteiger partial charge on any atom is 0.228 e. The third-order valence-electron chi connectivity index (χ3n) is 4.99. The van der Waals surface area contributed by atoms with Gasteiger partial charge in [0, 0.05) is 43.6 Å². The predicted octanol–water partition coefficient (Wildman–Crippen LogP) is 2.06. The van der Waals surface area contributed by atoms with Gasteiger partial charge in [0.05, 0.1) is 19.1 Å². The van der Waals surface area contributed by atoms with Crippen molar-refractivity contribution in [2.45, 2.75) is 38.7 Å². The van der Waals surface area contributed by atoms with Crippen LogP contribution in [0.15, 0.2) is 24.4 Å². The van der Waals surface area contributed by atoms with E-state index in [1.807, 2.05) is 30.0 Å². The van der Waals surface area contributed by atoms with E-state index >= 15 is 0 Å². The van der Waals surface area contributed by atoms with Crippen molar-refractivity contribution in [1.29, 1.82) is 0 Å². The highest BCUT2D eigenvalue weighted by atomic mass is 16.5. The number of rotatable bonds is 5. The Morgan fingerprint density at radius 1 is 1.52 bits per heavy atom. The van der Waals surface area contributed by atoms with Crippen LogP contribution in [0.4, 0.5) is 0 Å². The molecular formula is C18H26N2O3. The van der Waals surface area contributed by atoms with Crippen LogP contribution in [-0.2, 0) is 20.7 Å². The molecule has 126 valence electrons. The molecule has 5 nitrogen and oxygen atoms in total. The highest BCUT2D eigenvalue weighted by Crippen LogP contribution is 2.40. The van der Waals surface area contributed by atoms with Gasteiger partial charge >= 0.3 is 0 Å². The summed E-state index contributed by atoms with van der Waals surface area (Å²) in [6, 6.07) is 5.70. The fraction of sp³-hybridized carbons (Fsp3) is 0.667. The second-order valence-electron chi connectivity index (χ2n) is 6.56. The topological polar surface area (TPSA) is 51.7 Å². The lowest BCUT2D eigenvalue weighted by Gasteiger charge is -2.50. The van der Waals surface area contributed by atoms with E-state index in [4.69, 9.17) is 9.47 Å². The summed E-state index contributed by atoms with van der Waals surface area (Å²) in [7, 11) is 0. The van der Waals surface area contributed by atoms with Crippen LogP contribution < -0.4 is 0 Å². The van der Waals surface area contributed by atoms with E-state index in [2.05, 4.69) is 4.98 Å². The number of fused-ring (bicyclic) bond motifs is 1. The number of hydrogen-bond acceptors (Lipinski definition) is 4. The van der Waals surface area contributed by atoms with Crippen LogP contribution in [0.5, 0.6) is 0 Å². The second-order valence-corrected chi connectivity index (χ2v) is 6.56. The average Bonchev–Trinajstić information content (AvgIpc) is 2.60. The van der Waals surface area contributed by atoms with Crippen LogP contribution in [0, 0.1) is 5.41 Å². The molecule has 0 unspecified atom stereocenters. The largest absolute Gasteiger partial charge is 0.381 e. The van der Waals surface area contributed by atoms with Gasteiger partial charge in [0.1, 0.15) is 0 Å². The number of carbonyl (C=O) groups is 1. The van der Waals surface area contributed by atoms with Crippen LogP contribution in [0.1, 0.15) is 31.9 Å². The van der Waals surface area contributed by atoms with Crippen LogP contribution >= 0.6 is 0 Å². The average molecular weight is 318 g/mol. The van der Waals surface area contributed by atoms with E-state index in [1.165, 1.54) is 0 Å². The van der Waals surface area contributed by atoms with Gasteiger partial charge in [-0.1, -0.05) is 6.07 Å². The molecule has 0 radical (unpaired) electrons. The van der Waals surface area contributed by atoms with Crippen molar-refractivity contribution in [3.05, 3.63) is 30.1 Å². The van der Waals surface area contributed by atoms with Crippen molar-refractivity contribution in [3.8, 4) is 0 Å². The second kappa shape index (κ2) is 7.41. The third kappa shape index (κ3) is 3.72. The molecule has 3 heterocycles. The summed E-state index contributed by atoms with van der Waals surface area (Å²) in [5.41, 5.74) is 0.796. The van der Waals surface area contributed by atoms with Crippen LogP contribution in [0.2, 0.25) is 0 Å². The molecule has 2 aliphatic heterocycles. The van der Waals surface area contributed by atoms with E-state index in [9.17, 15) is 4.79 Å². The Kier molecular flexibility index (Phi) is 5.28. The van der Waals surface area contributed by atoms with Gasteiger partial charge in [0.2, 0.25) is 5.91 Å². The molecule has 2 saturated heterocycles. The zero-order valence-corrected chi connectivity index (χ0v) is 13.9. The molecule has 0 N–H and O–H groups in total. The normalized spacial score (nSPS) is 27.5. The monoisotopic (exact) mass is 318 g/mol. The van der Waals surface area contributed by atoms with Gasteiger partial charge in [0.25, 0.3) is 0 Å². The van der Waals surface area contributed by atoms with Gasteiger partial charge in [-0.15, -0.1) is 0 Å². The molecule has 23 heavy (non-hydrogen) atoms. The Hall–Kier alpha value is -1.46. The van der Waals surface area contributed by atoms with Gasteiger partial charge in [-0.3, -0.25) is 9.78 Å². The first kappa shape index (κ1) is 16.4. The highest BCUT2D eigenvalue weighted by molar-refractivity contribution is 5.78. The smallest absolute Gasteiger partial charge is 0.228 e. The molecule has 2 fully saturated rings. The minimum Gasteiger partial charge on any atom is -0.381 e. The van der Waals surface area contributed by atoms with Crippen molar-refractivity contribution in [1.82, 2.24) is 9.88 Å². The molecule has 1 aromatic heterocycles. The summed E-state index contributed by atoms with van der Waals surface area (Å²) < 4.78 is 11.7. The van der Waals surface area contributed by atoms with Crippen molar-refractivity contribution in [3.63, 3.8) is 0 Å². The molecule has 3 rings (SSSR count). The first-order valence-electron chi connectivity index (χ1n) is 8.60. The minimum absolute atomic E-state index is 0.0354. The number of aromatic nitrogens is 1. The van der Waals surface area contributed by atoms with Crippen LogP contribution in [-0.4, -0.2) is 54.8 Å². The van der Waals surface area contributed by atoms with Gasteiger partial charge in [-0.25, -0.2) is 0 Å². The summed E-state index contributed by atoms with van der Waals surface area (Å²) in [6.45, 7) is 5.74. The van der Waals surface area contributed by atoms with Gasteiger partial charge in [-0.05, 0) is 38.3 Å². The van der Waals surface area contributed by atoms with E-state index in [-0.39, 0.29) is 17.4 Å². The van der Waals surface area contributed by atoms with Crippen molar-refractivity contribution in [2.75, 3.05) is 32.9 Å². The number of hydrogen-bond donors (Lipinski definition) is 0.